The fourth-order valence-corrected chi connectivity index (χ4v) is 3.22. The molecule has 4 N–H and O–H groups in total. The van der Waals surface area contributed by atoms with E-state index in [0.717, 1.165) is 44.6 Å². The summed E-state index contributed by atoms with van der Waals surface area (Å²) in [4.78, 5) is 19.0. The van der Waals surface area contributed by atoms with E-state index >= 15 is 0 Å². The van der Waals surface area contributed by atoms with Gasteiger partial charge >= 0.3 is 0 Å². The topological polar surface area (TPSA) is 89.0 Å². The van der Waals surface area contributed by atoms with Gasteiger partial charge in [-0.15, -0.1) is 0 Å². The highest BCUT2D eigenvalue weighted by Gasteiger charge is 2.17. The first-order chi connectivity index (χ1) is 13.7. The van der Waals surface area contributed by atoms with Crippen molar-refractivity contribution in [2.45, 2.75) is 65.3 Å². The van der Waals surface area contributed by atoms with Gasteiger partial charge in [0, 0.05) is 31.7 Å². The Bertz CT molecular complexity index is 659. The van der Waals surface area contributed by atoms with Gasteiger partial charge in [0.1, 0.15) is 0 Å². The van der Waals surface area contributed by atoms with E-state index in [1.165, 1.54) is 5.56 Å². The van der Waals surface area contributed by atoms with Gasteiger partial charge in [-0.2, -0.15) is 0 Å². The summed E-state index contributed by atoms with van der Waals surface area (Å²) in [7, 11) is 0. The molecule has 2 rings (SSSR count). The minimum atomic E-state index is -0.246. The number of nitrogens with one attached hydrogen (secondary N) is 3. The van der Waals surface area contributed by atoms with Crippen LogP contribution < -0.4 is 16.0 Å². The largest absolute Gasteiger partial charge is 0.393 e. The number of amides is 1. The van der Waals surface area contributed by atoms with Gasteiger partial charge < -0.3 is 21.1 Å². The van der Waals surface area contributed by atoms with E-state index in [1.54, 1.807) is 0 Å². The molecule has 1 heterocycles. The molecule has 1 fully saturated rings. The molecule has 0 saturated carbocycles. The number of rotatable bonds is 7. The zero-order valence-electron chi connectivity index (χ0n) is 18.3. The standard InChI is InChI=1S/C22H37N5O2/c1-5-23-21(25-15-20(29)26-22(2,3)4)24-14-17-6-8-18(9-7-17)16-27-12-10-19(28)11-13-27/h6-9,19,28H,5,10-16H2,1-4H3,(H,26,29)(H2,23,24,25). The lowest BCUT2D eigenvalue weighted by Crippen LogP contribution is -2.48. The van der Waals surface area contributed by atoms with Crippen molar-refractivity contribution in [3.63, 3.8) is 0 Å². The van der Waals surface area contributed by atoms with Crippen molar-refractivity contribution in [3.8, 4) is 0 Å². The maximum Gasteiger partial charge on any atom is 0.239 e. The number of nitrogens with zero attached hydrogens (tertiary/aromatic N) is 2. The number of guanidine groups is 1. The van der Waals surface area contributed by atoms with Crippen LogP contribution in [0.3, 0.4) is 0 Å². The monoisotopic (exact) mass is 403 g/mol. The SMILES string of the molecule is CCNC(=NCc1ccc(CN2CCC(O)CC2)cc1)NCC(=O)NC(C)(C)C. The number of aliphatic hydroxyl groups excluding tert-OH is 1. The summed E-state index contributed by atoms with van der Waals surface area (Å²) in [5.41, 5.74) is 2.15. The summed E-state index contributed by atoms with van der Waals surface area (Å²) in [5, 5.41) is 18.8. The minimum Gasteiger partial charge on any atom is -0.393 e. The number of hydrogen-bond acceptors (Lipinski definition) is 4. The number of aliphatic imine (C=N–C) groups is 1. The second-order valence-corrected chi connectivity index (χ2v) is 8.67. The molecule has 0 spiro atoms. The van der Waals surface area contributed by atoms with Crippen LogP contribution in [0.4, 0.5) is 0 Å². The number of aliphatic hydroxyl groups is 1. The molecule has 1 saturated heterocycles. The average molecular weight is 404 g/mol. The fraction of sp³-hybridized carbons (Fsp3) is 0.636. The smallest absolute Gasteiger partial charge is 0.239 e. The van der Waals surface area contributed by atoms with Crippen molar-refractivity contribution < 1.29 is 9.90 Å². The summed E-state index contributed by atoms with van der Waals surface area (Å²) in [6.45, 7) is 12.2. The normalized spacial score (nSPS) is 16.5. The number of carbonyl (C=O) groups excluding carboxylic acids is 1. The van der Waals surface area contributed by atoms with Crippen LogP contribution in [0.1, 0.15) is 51.7 Å². The second-order valence-electron chi connectivity index (χ2n) is 8.67. The zero-order valence-corrected chi connectivity index (χ0v) is 18.3. The quantitative estimate of drug-likeness (QED) is 0.410. The molecule has 1 aliphatic rings. The molecular weight excluding hydrogens is 366 g/mol. The Morgan fingerprint density at radius 1 is 1.14 bits per heavy atom. The highest BCUT2D eigenvalue weighted by atomic mass is 16.3. The van der Waals surface area contributed by atoms with Gasteiger partial charge in [0.2, 0.25) is 5.91 Å². The van der Waals surface area contributed by atoms with E-state index in [1.807, 2.05) is 27.7 Å². The van der Waals surface area contributed by atoms with Crippen LogP contribution in [0.25, 0.3) is 0 Å². The molecule has 0 aromatic heterocycles. The number of hydrogen-bond donors (Lipinski definition) is 4. The maximum absolute atomic E-state index is 12.0. The van der Waals surface area contributed by atoms with Crippen LogP contribution in [0, 0.1) is 0 Å². The highest BCUT2D eigenvalue weighted by Crippen LogP contribution is 2.14. The predicted octanol–water partition coefficient (Wildman–Crippen LogP) is 1.61. The second kappa shape index (κ2) is 11.2. The Hall–Kier alpha value is -2.12. The van der Waals surface area contributed by atoms with E-state index in [2.05, 4.69) is 50.1 Å². The molecule has 0 aliphatic carbocycles. The summed E-state index contributed by atoms with van der Waals surface area (Å²) in [6, 6.07) is 8.50. The van der Waals surface area contributed by atoms with E-state index < -0.39 is 0 Å². The fourth-order valence-electron chi connectivity index (χ4n) is 3.22. The van der Waals surface area contributed by atoms with Gasteiger partial charge in [-0.25, -0.2) is 4.99 Å². The van der Waals surface area contributed by atoms with Crippen molar-refractivity contribution in [1.29, 1.82) is 0 Å². The lowest BCUT2D eigenvalue weighted by atomic mass is 10.1. The van der Waals surface area contributed by atoms with Gasteiger partial charge in [-0.05, 0) is 51.7 Å². The van der Waals surface area contributed by atoms with Crippen molar-refractivity contribution in [2.24, 2.45) is 4.99 Å². The Morgan fingerprint density at radius 3 is 2.34 bits per heavy atom. The summed E-state index contributed by atoms with van der Waals surface area (Å²) < 4.78 is 0. The van der Waals surface area contributed by atoms with E-state index in [-0.39, 0.29) is 24.1 Å². The molecule has 0 atom stereocenters. The van der Waals surface area contributed by atoms with Gasteiger partial charge in [0.05, 0.1) is 19.2 Å². The molecule has 1 aliphatic heterocycles. The van der Waals surface area contributed by atoms with Crippen LogP contribution in [0.15, 0.2) is 29.3 Å². The lowest BCUT2D eigenvalue weighted by molar-refractivity contribution is -0.121. The Kier molecular flexibility index (Phi) is 8.92. The number of piperidine rings is 1. The third kappa shape index (κ3) is 9.28. The van der Waals surface area contributed by atoms with Gasteiger partial charge in [0.15, 0.2) is 5.96 Å². The van der Waals surface area contributed by atoms with Crippen LogP contribution in [-0.4, -0.2) is 59.7 Å². The van der Waals surface area contributed by atoms with Crippen molar-refractivity contribution in [1.82, 2.24) is 20.9 Å². The zero-order chi connectivity index (χ0) is 21.3. The van der Waals surface area contributed by atoms with E-state index in [0.29, 0.717) is 12.5 Å². The number of carbonyl (C=O) groups is 1. The first kappa shape index (κ1) is 23.2. The first-order valence-electron chi connectivity index (χ1n) is 10.6. The Balaban J connectivity index is 1.84. The Morgan fingerprint density at radius 2 is 1.76 bits per heavy atom. The molecule has 162 valence electrons. The molecule has 0 unspecified atom stereocenters. The van der Waals surface area contributed by atoms with Gasteiger partial charge in [0.25, 0.3) is 0 Å². The molecule has 29 heavy (non-hydrogen) atoms. The van der Waals surface area contributed by atoms with Gasteiger partial charge in [-0.1, -0.05) is 24.3 Å². The number of likely N-dealkylation sites (tertiary alicyclic amines) is 1. The minimum absolute atomic E-state index is 0.0577. The summed E-state index contributed by atoms with van der Waals surface area (Å²) in [6.07, 6.45) is 1.59. The third-order valence-electron chi connectivity index (χ3n) is 4.68. The molecule has 7 nitrogen and oxygen atoms in total. The predicted molar refractivity (Wildman–Crippen MR) is 118 cm³/mol. The first-order valence-corrected chi connectivity index (χ1v) is 10.6. The molecular formula is C22H37N5O2. The van der Waals surface area contributed by atoms with E-state index in [4.69, 9.17) is 0 Å². The van der Waals surface area contributed by atoms with E-state index in [9.17, 15) is 9.90 Å². The van der Waals surface area contributed by atoms with Gasteiger partial charge in [-0.3, -0.25) is 9.69 Å². The number of benzene rings is 1. The van der Waals surface area contributed by atoms with Crippen LogP contribution >= 0.6 is 0 Å². The molecule has 1 aromatic rings. The van der Waals surface area contributed by atoms with Crippen molar-refractivity contribution in [2.75, 3.05) is 26.2 Å². The summed E-state index contributed by atoms with van der Waals surface area (Å²) in [5.74, 6) is 0.574. The third-order valence-corrected chi connectivity index (χ3v) is 4.68. The van der Waals surface area contributed by atoms with Crippen molar-refractivity contribution in [3.05, 3.63) is 35.4 Å². The van der Waals surface area contributed by atoms with Crippen LogP contribution in [0.5, 0.6) is 0 Å². The van der Waals surface area contributed by atoms with Crippen LogP contribution in [0.2, 0.25) is 0 Å². The molecule has 0 radical (unpaired) electrons. The molecule has 1 amide bonds. The molecule has 7 heteroatoms. The lowest BCUT2D eigenvalue weighted by Gasteiger charge is -2.29. The van der Waals surface area contributed by atoms with Crippen molar-refractivity contribution >= 4 is 11.9 Å². The highest BCUT2D eigenvalue weighted by molar-refractivity contribution is 5.86. The average Bonchev–Trinajstić information content (AvgIpc) is 2.65. The molecule has 1 aromatic carbocycles. The molecule has 0 bridgehead atoms. The maximum atomic E-state index is 12.0. The van der Waals surface area contributed by atoms with Crippen LogP contribution in [-0.2, 0) is 17.9 Å². The summed E-state index contributed by atoms with van der Waals surface area (Å²) >= 11 is 0. The Labute approximate surface area is 175 Å².